The molecule has 2 rings (SSSR count). The third kappa shape index (κ3) is 1.52. The molecule has 0 aliphatic heterocycles. The molecule has 0 fully saturated rings. The van der Waals surface area contributed by atoms with Gasteiger partial charge in [0.1, 0.15) is 0 Å². The Morgan fingerprint density at radius 2 is 1.72 bits per heavy atom. The lowest BCUT2D eigenvalue weighted by Crippen LogP contribution is -2.43. The highest BCUT2D eigenvalue weighted by Gasteiger charge is 2.55. The van der Waals surface area contributed by atoms with Crippen molar-refractivity contribution in [3.63, 3.8) is 0 Å². The summed E-state index contributed by atoms with van der Waals surface area (Å²) in [7, 11) is 2.58. The molecule has 0 radical (unpaired) electrons. The zero-order valence-corrected chi connectivity index (χ0v) is 10.7. The van der Waals surface area contributed by atoms with Crippen molar-refractivity contribution >= 4 is 11.9 Å². The summed E-state index contributed by atoms with van der Waals surface area (Å²) in [6.45, 7) is 1.99. The SMILES string of the molecule is COC(=O)C1(C(=O)OC)CC(C)c2ccccc21. The molecule has 0 aromatic heterocycles. The van der Waals surface area contributed by atoms with E-state index in [4.69, 9.17) is 9.47 Å². The molecule has 0 saturated carbocycles. The van der Waals surface area contributed by atoms with Crippen LogP contribution in [-0.2, 0) is 24.5 Å². The average molecular weight is 248 g/mol. The van der Waals surface area contributed by atoms with E-state index in [-0.39, 0.29) is 5.92 Å². The third-order valence-corrected chi connectivity index (χ3v) is 3.63. The normalized spacial score (nSPS) is 20.1. The Hall–Kier alpha value is -1.84. The Bertz CT molecular complexity index is 476. The number of methoxy groups -OCH3 is 2. The molecule has 1 unspecified atom stereocenters. The smallest absolute Gasteiger partial charge is 0.327 e. The van der Waals surface area contributed by atoms with E-state index in [1.807, 2.05) is 25.1 Å². The topological polar surface area (TPSA) is 52.6 Å². The summed E-state index contributed by atoms with van der Waals surface area (Å²) >= 11 is 0. The van der Waals surface area contributed by atoms with E-state index in [1.165, 1.54) is 14.2 Å². The first kappa shape index (κ1) is 12.6. The van der Waals surface area contributed by atoms with E-state index in [2.05, 4.69) is 0 Å². The van der Waals surface area contributed by atoms with Crippen molar-refractivity contribution in [3.05, 3.63) is 35.4 Å². The molecule has 0 saturated heterocycles. The highest BCUT2D eigenvalue weighted by Crippen LogP contribution is 2.47. The molecule has 0 bridgehead atoms. The lowest BCUT2D eigenvalue weighted by molar-refractivity contribution is -0.162. The van der Waals surface area contributed by atoms with Crippen LogP contribution in [0.5, 0.6) is 0 Å². The predicted molar refractivity (Wildman–Crippen MR) is 65.2 cm³/mol. The average Bonchev–Trinajstić information content (AvgIpc) is 2.72. The maximum Gasteiger partial charge on any atom is 0.327 e. The number of carbonyl (C=O) groups excluding carboxylic acids is 2. The van der Waals surface area contributed by atoms with E-state index >= 15 is 0 Å². The Kier molecular flexibility index (Phi) is 3.11. The molecule has 96 valence electrons. The zero-order chi connectivity index (χ0) is 13.3. The molecule has 0 amide bonds. The molecule has 0 spiro atoms. The van der Waals surface area contributed by atoms with Crippen LogP contribution in [0.4, 0.5) is 0 Å². The molecular weight excluding hydrogens is 232 g/mol. The van der Waals surface area contributed by atoms with Crippen molar-refractivity contribution < 1.29 is 19.1 Å². The number of benzene rings is 1. The Balaban J connectivity index is 2.64. The fraction of sp³-hybridized carbons (Fsp3) is 0.429. The molecule has 0 N–H and O–H groups in total. The van der Waals surface area contributed by atoms with Gasteiger partial charge in [0.25, 0.3) is 0 Å². The molecule has 4 heteroatoms. The highest BCUT2D eigenvalue weighted by molar-refractivity contribution is 6.07. The predicted octanol–water partition coefficient (Wildman–Crippen LogP) is 1.78. The van der Waals surface area contributed by atoms with Crippen molar-refractivity contribution in [2.45, 2.75) is 24.7 Å². The van der Waals surface area contributed by atoms with Crippen LogP contribution in [0.2, 0.25) is 0 Å². The number of rotatable bonds is 2. The molecule has 18 heavy (non-hydrogen) atoms. The Morgan fingerprint density at radius 1 is 1.17 bits per heavy atom. The van der Waals surface area contributed by atoms with Crippen LogP contribution >= 0.6 is 0 Å². The first-order chi connectivity index (χ1) is 8.57. The van der Waals surface area contributed by atoms with Gasteiger partial charge in [-0.05, 0) is 23.5 Å². The zero-order valence-electron chi connectivity index (χ0n) is 10.7. The summed E-state index contributed by atoms with van der Waals surface area (Å²) in [4.78, 5) is 24.2. The van der Waals surface area contributed by atoms with Crippen LogP contribution in [0, 0.1) is 0 Å². The van der Waals surface area contributed by atoms with Gasteiger partial charge in [-0.1, -0.05) is 31.2 Å². The van der Waals surface area contributed by atoms with Gasteiger partial charge in [0.2, 0.25) is 0 Å². The van der Waals surface area contributed by atoms with Crippen LogP contribution in [0.25, 0.3) is 0 Å². The molecule has 1 aromatic rings. The van der Waals surface area contributed by atoms with Gasteiger partial charge in [-0.3, -0.25) is 9.59 Å². The lowest BCUT2D eigenvalue weighted by Gasteiger charge is -2.24. The maximum absolute atomic E-state index is 12.1. The first-order valence-corrected chi connectivity index (χ1v) is 5.84. The highest BCUT2D eigenvalue weighted by atomic mass is 16.5. The van der Waals surface area contributed by atoms with Gasteiger partial charge >= 0.3 is 11.9 Å². The quantitative estimate of drug-likeness (QED) is 0.591. The summed E-state index contributed by atoms with van der Waals surface area (Å²) in [5, 5.41) is 0. The number of fused-ring (bicyclic) bond motifs is 1. The largest absolute Gasteiger partial charge is 0.468 e. The van der Waals surface area contributed by atoms with Crippen LogP contribution in [0.3, 0.4) is 0 Å². The van der Waals surface area contributed by atoms with Crippen molar-refractivity contribution in [1.29, 1.82) is 0 Å². The van der Waals surface area contributed by atoms with Crippen LogP contribution in [0.1, 0.15) is 30.4 Å². The van der Waals surface area contributed by atoms with Crippen LogP contribution < -0.4 is 0 Å². The van der Waals surface area contributed by atoms with Gasteiger partial charge in [0.15, 0.2) is 5.41 Å². The van der Waals surface area contributed by atoms with Crippen molar-refractivity contribution in [1.82, 2.24) is 0 Å². The van der Waals surface area contributed by atoms with E-state index in [1.54, 1.807) is 6.07 Å². The molecular formula is C14H16O4. The minimum absolute atomic E-state index is 0.124. The molecule has 0 heterocycles. The van der Waals surface area contributed by atoms with E-state index in [0.29, 0.717) is 12.0 Å². The minimum Gasteiger partial charge on any atom is -0.468 e. The maximum atomic E-state index is 12.1. The summed E-state index contributed by atoms with van der Waals surface area (Å²) in [5.41, 5.74) is 0.406. The molecule has 1 aliphatic rings. The number of hydrogen-bond donors (Lipinski definition) is 0. The summed E-state index contributed by atoms with van der Waals surface area (Å²) in [5.74, 6) is -0.975. The third-order valence-electron chi connectivity index (χ3n) is 3.63. The van der Waals surface area contributed by atoms with Gasteiger partial charge in [-0.15, -0.1) is 0 Å². The van der Waals surface area contributed by atoms with Gasteiger partial charge in [-0.25, -0.2) is 0 Å². The summed E-state index contributed by atoms with van der Waals surface area (Å²) in [6, 6.07) is 7.46. The summed E-state index contributed by atoms with van der Waals surface area (Å²) in [6.07, 6.45) is 0.395. The van der Waals surface area contributed by atoms with Gasteiger partial charge < -0.3 is 9.47 Å². The molecule has 1 aliphatic carbocycles. The second-order valence-corrected chi connectivity index (χ2v) is 4.58. The van der Waals surface area contributed by atoms with Crippen LogP contribution in [0.15, 0.2) is 24.3 Å². The lowest BCUT2D eigenvalue weighted by atomic mass is 9.81. The number of carbonyl (C=O) groups is 2. The number of ether oxygens (including phenoxy) is 2. The van der Waals surface area contributed by atoms with Gasteiger partial charge in [0, 0.05) is 0 Å². The molecule has 4 nitrogen and oxygen atoms in total. The van der Waals surface area contributed by atoms with E-state index in [0.717, 1.165) is 5.56 Å². The van der Waals surface area contributed by atoms with E-state index in [9.17, 15) is 9.59 Å². The fourth-order valence-corrected chi connectivity index (χ4v) is 2.81. The van der Waals surface area contributed by atoms with Gasteiger partial charge in [0.05, 0.1) is 14.2 Å². The van der Waals surface area contributed by atoms with Crippen molar-refractivity contribution in [2.75, 3.05) is 14.2 Å². The van der Waals surface area contributed by atoms with Gasteiger partial charge in [-0.2, -0.15) is 0 Å². The van der Waals surface area contributed by atoms with Crippen molar-refractivity contribution in [2.24, 2.45) is 0 Å². The number of hydrogen-bond acceptors (Lipinski definition) is 4. The number of esters is 2. The van der Waals surface area contributed by atoms with Crippen LogP contribution in [-0.4, -0.2) is 26.2 Å². The van der Waals surface area contributed by atoms with E-state index < -0.39 is 17.4 Å². The fourth-order valence-electron chi connectivity index (χ4n) is 2.81. The second kappa shape index (κ2) is 4.44. The summed E-state index contributed by atoms with van der Waals surface area (Å²) < 4.78 is 9.65. The monoisotopic (exact) mass is 248 g/mol. The Labute approximate surface area is 106 Å². The minimum atomic E-state index is -1.31. The second-order valence-electron chi connectivity index (χ2n) is 4.58. The Morgan fingerprint density at radius 3 is 2.28 bits per heavy atom. The first-order valence-electron chi connectivity index (χ1n) is 5.84. The standard InChI is InChI=1S/C14H16O4/c1-9-8-14(12(15)17-2,13(16)18-3)11-7-5-4-6-10(9)11/h4-7,9H,8H2,1-3H3. The van der Waals surface area contributed by atoms with Crippen molar-refractivity contribution in [3.8, 4) is 0 Å². The molecule has 1 aromatic carbocycles. The molecule has 1 atom stereocenters.